The maximum Gasteiger partial charge on any atom is 0.255 e. The summed E-state index contributed by atoms with van der Waals surface area (Å²) in [6.07, 6.45) is 0.780. The van der Waals surface area contributed by atoms with Gasteiger partial charge in [-0.3, -0.25) is 9.59 Å². The van der Waals surface area contributed by atoms with Gasteiger partial charge in [-0.2, -0.15) is 0 Å². The fourth-order valence-electron chi connectivity index (χ4n) is 1.66. The van der Waals surface area contributed by atoms with Crippen LogP contribution in [0.3, 0.4) is 0 Å². The molecule has 19 heavy (non-hydrogen) atoms. The highest BCUT2D eigenvalue weighted by molar-refractivity contribution is 9.10. The number of benzene rings is 1. The van der Waals surface area contributed by atoms with Crippen molar-refractivity contribution in [3.8, 4) is 0 Å². The highest BCUT2D eigenvalue weighted by atomic mass is 79.9. The van der Waals surface area contributed by atoms with Crippen LogP contribution in [0, 0.1) is 0 Å². The second-order valence-corrected chi connectivity index (χ2v) is 4.90. The van der Waals surface area contributed by atoms with E-state index in [9.17, 15) is 9.59 Å². The van der Waals surface area contributed by atoms with Gasteiger partial charge < -0.3 is 16.0 Å². The van der Waals surface area contributed by atoms with Crippen molar-refractivity contribution in [2.45, 2.75) is 13.3 Å². The summed E-state index contributed by atoms with van der Waals surface area (Å²) in [5, 5.41) is 2.52. The molecule has 104 valence electrons. The molecule has 0 heterocycles. The molecule has 0 radical (unpaired) electrons. The fraction of sp³-hybridized carbons (Fsp3) is 0.385. The van der Waals surface area contributed by atoms with Crippen molar-refractivity contribution in [2.75, 3.05) is 25.9 Å². The van der Waals surface area contributed by atoms with Crippen LogP contribution < -0.4 is 11.1 Å². The van der Waals surface area contributed by atoms with Gasteiger partial charge in [0.1, 0.15) is 0 Å². The number of nitrogen functional groups attached to an aromatic ring is 1. The molecule has 0 saturated heterocycles. The zero-order chi connectivity index (χ0) is 14.4. The maximum absolute atomic E-state index is 12.4. The molecular weight excluding hydrogens is 310 g/mol. The van der Waals surface area contributed by atoms with Crippen LogP contribution >= 0.6 is 15.9 Å². The first-order chi connectivity index (χ1) is 9.01. The van der Waals surface area contributed by atoms with Gasteiger partial charge in [0.2, 0.25) is 5.91 Å². The lowest BCUT2D eigenvalue weighted by Crippen LogP contribution is -2.40. The van der Waals surface area contributed by atoms with Crippen LogP contribution in [0.2, 0.25) is 0 Å². The van der Waals surface area contributed by atoms with Crippen molar-refractivity contribution in [2.24, 2.45) is 0 Å². The Morgan fingerprint density at radius 3 is 2.68 bits per heavy atom. The van der Waals surface area contributed by atoms with Gasteiger partial charge in [-0.1, -0.05) is 13.0 Å². The molecule has 0 bridgehead atoms. The van der Waals surface area contributed by atoms with Gasteiger partial charge in [-0.05, 0) is 34.5 Å². The Morgan fingerprint density at radius 2 is 2.11 bits per heavy atom. The van der Waals surface area contributed by atoms with Crippen molar-refractivity contribution < 1.29 is 9.59 Å². The van der Waals surface area contributed by atoms with Crippen molar-refractivity contribution in [1.82, 2.24) is 10.2 Å². The lowest BCUT2D eigenvalue weighted by atomic mass is 10.1. The first-order valence-corrected chi connectivity index (χ1v) is 6.84. The highest BCUT2D eigenvalue weighted by Crippen LogP contribution is 2.24. The third-order valence-corrected chi connectivity index (χ3v) is 3.54. The van der Waals surface area contributed by atoms with Crippen LogP contribution in [0.5, 0.6) is 0 Å². The van der Waals surface area contributed by atoms with Gasteiger partial charge in [-0.25, -0.2) is 0 Å². The van der Waals surface area contributed by atoms with Crippen molar-refractivity contribution in [3.63, 3.8) is 0 Å². The average Bonchev–Trinajstić information content (AvgIpc) is 2.40. The predicted molar refractivity (Wildman–Crippen MR) is 78.8 cm³/mol. The number of carbonyl (C=O) groups excluding carboxylic acids is 2. The minimum atomic E-state index is -0.204. The molecule has 0 aromatic heterocycles. The van der Waals surface area contributed by atoms with E-state index in [0.717, 1.165) is 6.42 Å². The van der Waals surface area contributed by atoms with E-state index in [4.69, 9.17) is 5.73 Å². The molecule has 0 fully saturated rings. The number of hydrogen-bond acceptors (Lipinski definition) is 3. The molecule has 0 spiro atoms. The van der Waals surface area contributed by atoms with Crippen molar-refractivity contribution in [1.29, 1.82) is 0 Å². The summed E-state index contributed by atoms with van der Waals surface area (Å²) in [7, 11) is 1.55. The summed E-state index contributed by atoms with van der Waals surface area (Å²) in [6.45, 7) is 2.52. The van der Waals surface area contributed by atoms with Gasteiger partial charge in [0.25, 0.3) is 5.91 Å². The monoisotopic (exact) mass is 327 g/mol. The molecular formula is C13H18BrN3O2. The zero-order valence-corrected chi connectivity index (χ0v) is 12.7. The zero-order valence-electron chi connectivity index (χ0n) is 11.1. The van der Waals surface area contributed by atoms with Crippen LogP contribution in [0.25, 0.3) is 0 Å². The smallest absolute Gasteiger partial charge is 0.255 e. The second-order valence-electron chi connectivity index (χ2n) is 4.11. The Balaban J connectivity index is 2.98. The summed E-state index contributed by atoms with van der Waals surface area (Å²) in [5.74, 6) is -0.397. The minimum absolute atomic E-state index is 0.0460. The lowest BCUT2D eigenvalue weighted by Gasteiger charge is -2.22. The Hall–Kier alpha value is -1.56. The summed E-state index contributed by atoms with van der Waals surface area (Å²) in [6, 6.07) is 5.12. The van der Waals surface area contributed by atoms with E-state index in [2.05, 4.69) is 21.2 Å². The van der Waals surface area contributed by atoms with Gasteiger partial charge in [0, 0.05) is 19.3 Å². The van der Waals surface area contributed by atoms with Gasteiger partial charge in [0.05, 0.1) is 16.6 Å². The number of nitrogens with one attached hydrogen (secondary N) is 1. The average molecular weight is 328 g/mol. The van der Waals surface area contributed by atoms with Crippen LogP contribution in [0.15, 0.2) is 22.7 Å². The number of anilines is 1. The molecule has 0 aliphatic rings. The molecule has 0 saturated carbocycles. The number of hydrogen-bond donors (Lipinski definition) is 2. The van der Waals surface area contributed by atoms with Crippen LogP contribution in [0.4, 0.5) is 5.69 Å². The Bertz CT molecular complexity index is 477. The SMILES string of the molecule is CCCN(CC(=O)NC)C(=O)c1cccc(N)c1Br. The molecule has 6 heteroatoms. The molecule has 1 rings (SSSR count). The number of rotatable bonds is 5. The fourth-order valence-corrected chi connectivity index (χ4v) is 2.09. The summed E-state index contributed by atoms with van der Waals surface area (Å²) < 4.78 is 0.568. The quantitative estimate of drug-likeness (QED) is 0.807. The number of nitrogens with two attached hydrogens (primary N) is 1. The third kappa shape index (κ3) is 3.96. The standard InChI is InChI=1S/C13H18BrN3O2/c1-3-7-17(8-11(18)16-2)13(19)9-5-4-6-10(15)12(9)14/h4-6H,3,7-8,15H2,1-2H3,(H,16,18). The van der Waals surface area contributed by atoms with E-state index in [1.54, 1.807) is 25.2 Å². The van der Waals surface area contributed by atoms with Crippen LogP contribution in [-0.4, -0.2) is 36.9 Å². The van der Waals surface area contributed by atoms with E-state index in [-0.39, 0.29) is 18.4 Å². The van der Waals surface area contributed by atoms with E-state index in [1.165, 1.54) is 4.90 Å². The largest absolute Gasteiger partial charge is 0.398 e. The van der Waals surface area contributed by atoms with E-state index in [1.807, 2.05) is 6.92 Å². The second kappa shape index (κ2) is 7.13. The van der Waals surface area contributed by atoms with Gasteiger partial charge in [0.15, 0.2) is 0 Å². The number of halogens is 1. The molecule has 0 unspecified atom stereocenters. The summed E-state index contributed by atoms with van der Waals surface area (Å²) >= 11 is 3.31. The topological polar surface area (TPSA) is 75.4 Å². The number of amides is 2. The van der Waals surface area contributed by atoms with Crippen LogP contribution in [-0.2, 0) is 4.79 Å². The molecule has 1 aromatic carbocycles. The van der Waals surface area contributed by atoms with Gasteiger partial charge >= 0.3 is 0 Å². The molecule has 3 N–H and O–H groups in total. The first kappa shape index (κ1) is 15.5. The molecule has 0 aliphatic heterocycles. The minimum Gasteiger partial charge on any atom is -0.398 e. The van der Waals surface area contributed by atoms with E-state index in [0.29, 0.717) is 22.3 Å². The molecule has 0 atom stereocenters. The Kier molecular flexibility index (Phi) is 5.82. The summed E-state index contributed by atoms with van der Waals surface area (Å²) in [5.41, 5.74) is 6.73. The van der Waals surface area contributed by atoms with Crippen molar-refractivity contribution in [3.05, 3.63) is 28.2 Å². The number of likely N-dealkylation sites (N-methyl/N-ethyl adjacent to an activating group) is 1. The Labute approximate surface area is 121 Å². The maximum atomic E-state index is 12.4. The number of nitrogens with zero attached hydrogens (tertiary/aromatic N) is 1. The normalized spacial score (nSPS) is 10.1. The van der Waals surface area contributed by atoms with E-state index >= 15 is 0 Å². The van der Waals surface area contributed by atoms with E-state index < -0.39 is 0 Å². The predicted octanol–water partition coefficient (Wildman–Crippen LogP) is 1.63. The highest BCUT2D eigenvalue weighted by Gasteiger charge is 2.20. The molecule has 1 aromatic rings. The molecule has 2 amide bonds. The summed E-state index contributed by atoms with van der Waals surface area (Å²) in [4.78, 5) is 25.4. The van der Waals surface area contributed by atoms with Crippen molar-refractivity contribution >= 4 is 33.4 Å². The van der Waals surface area contributed by atoms with Crippen LogP contribution in [0.1, 0.15) is 23.7 Å². The Morgan fingerprint density at radius 1 is 1.42 bits per heavy atom. The third-order valence-electron chi connectivity index (χ3n) is 2.65. The molecule has 5 nitrogen and oxygen atoms in total. The number of carbonyl (C=O) groups is 2. The first-order valence-electron chi connectivity index (χ1n) is 6.05. The molecule has 0 aliphatic carbocycles. The lowest BCUT2D eigenvalue weighted by molar-refractivity contribution is -0.121. The van der Waals surface area contributed by atoms with Gasteiger partial charge in [-0.15, -0.1) is 0 Å².